The summed E-state index contributed by atoms with van der Waals surface area (Å²) in [4.78, 5) is 17.8. The third-order valence-electron chi connectivity index (χ3n) is 3.78. The number of amides is 1. The number of carbonyl (C=O) groups excluding carboxylic acids is 1. The number of quaternary nitrogens is 1. The molecule has 2 aromatic rings. The molecule has 1 unspecified atom stereocenters. The van der Waals surface area contributed by atoms with E-state index in [9.17, 15) is 18.0 Å². The van der Waals surface area contributed by atoms with Crippen LogP contribution in [0.25, 0.3) is 0 Å². The number of halogens is 4. The topological polar surface area (TPSA) is 78.9 Å². The van der Waals surface area contributed by atoms with Crippen LogP contribution in [0.5, 0.6) is 5.75 Å². The number of fused-ring (bicyclic) bond motifs is 1. The highest BCUT2D eigenvalue weighted by Gasteiger charge is 2.35. The van der Waals surface area contributed by atoms with Crippen LogP contribution in [0.2, 0.25) is 0 Å². The molecule has 150 valence electrons. The molecule has 0 saturated heterocycles. The van der Waals surface area contributed by atoms with Crippen molar-refractivity contribution in [3.63, 3.8) is 0 Å². The third kappa shape index (κ3) is 4.90. The van der Waals surface area contributed by atoms with Crippen LogP contribution in [0.15, 0.2) is 44.7 Å². The molecule has 11 heteroatoms. The zero-order valence-electron chi connectivity index (χ0n) is 14.8. The number of benzene rings is 2. The number of thioether (sulfide) groups is 1. The van der Waals surface area contributed by atoms with Gasteiger partial charge in [-0.25, -0.2) is 15.2 Å². The van der Waals surface area contributed by atoms with E-state index >= 15 is 0 Å². The number of alkyl halides is 3. The molecule has 1 aliphatic heterocycles. The fourth-order valence-electron chi connectivity index (χ4n) is 2.58. The molecule has 2 N–H and O–H groups in total. The number of nitrogens with one attached hydrogen (secondary N) is 2. The Morgan fingerprint density at radius 1 is 1.34 bits per heavy atom. The molecule has 1 amide bonds. The van der Waals surface area contributed by atoms with E-state index in [1.54, 1.807) is 18.2 Å². The maximum atomic E-state index is 12.9. The first-order chi connectivity index (χ1) is 13.7. The molecule has 6 nitrogen and oxygen atoms in total. The number of rotatable bonds is 5. The quantitative estimate of drug-likeness (QED) is 0.624. The summed E-state index contributed by atoms with van der Waals surface area (Å²) in [5.41, 5.74) is 4.08. The highest BCUT2D eigenvalue weighted by molar-refractivity contribution is 9.10. The Labute approximate surface area is 176 Å². The largest absolute Gasteiger partial charge is 0.573 e. The number of anilines is 1. The van der Waals surface area contributed by atoms with Crippen molar-refractivity contribution in [2.75, 3.05) is 11.2 Å². The molecule has 1 heterocycles. The lowest BCUT2D eigenvalue weighted by Crippen LogP contribution is -3.17. The fourth-order valence-corrected chi connectivity index (χ4v) is 3.74. The average Bonchev–Trinajstić information content (AvgIpc) is 2.65. The van der Waals surface area contributed by atoms with Crippen molar-refractivity contribution in [3.8, 4) is 11.8 Å². The van der Waals surface area contributed by atoms with Gasteiger partial charge in [0.05, 0.1) is 21.8 Å². The van der Waals surface area contributed by atoms with Crippen molar-refractivity contribution in [2.45, 2.75) is 18.2 Å². The minimum absolute atomic E-state index is 0.0262. The van der Waals surface area contributed by atoms with Crippen molar-refractivity contribution in [1.82, 2.24) is 0 Å². The standard InChI is InChI=1S/C18H12BrF3N4O2S/c1-2-29-16-4-3-10(8-23)5-14(16)25-26-9-24-13-7-12(19)15(28-18(20,21)22)6-11(13)17(26)27/h3-7,9,25H,2H2,1H3/p+1. The van der Waals surface area contributed by atoms with E-state index in [-0.39, 0.29) is 20.7 Å². The summed E-state index contributed by atoms with van der Waals surface area (Å²) in [6.07, 6.45) is -3.59. The van der Waals surface area contributed by atoms with Gasteiger partial charge in [0.25, 0.3) is 0 Å². The number of hydrogen-bond acceptors (Lipinski definition) is 6. The molecular formula is C18H13BrF3N4O2S+. The minimum atomic E-state index is -4.90. The van der Waals surface area contributed by atoms with Crippen LogP contribution in [0.1, 0.15) is 22.8 Å². The number of ether oxygens (including phenoxy) is 1. The van der Waals surface area contributed by atoms with Crippen LogP contribution in [0.4, 0.5) is 24.5 Å². The SMILES string of the molecule is CCSc1ccc(C#N)cc1N[NH+]1C=Nc2cc(Br)c(OC(F)(F)F)cc2C1=O. The Morgan fingerprint density at radius 2 is 2.10 bits per heavy atom. The molecule has 0 spiro atoms. The number of nitriles is 1. The second-order valence-electron chi connectivity index (χ2n) is 5.73. The van der Waals surface area contributed by atoms with E-state index in [0.29, 0.717) is 11.3 Å². The summed E-state index contributed by atoms with van der Waals surface area (Å²) < 4.78 is 41.8. The Kier molecular flexibility index (Phi) is 6.16. The first-order valence-electron chi connectivity index (χ1n) is 8.21. The van der Waals surface area contributed by atoms with Gasteiger partial charge >= 0.3 is 12.3 Å². The van der Waals surface area contributed by atoms with Crippen LogP contribution in [-0.2, 0) is 0 Å². The van der Waals surface area contributed by atoms with E-state index < -0.39 is 18.0 Å². The van der Waals surface area contributed by atoms with Crippen LogP contribution in [0.3, 0.4) is 0 Å². The van der Waals surface area contributed by atoms with Gasteiger partial charge in [-0.1, -0.05) is 6.92 Å². The Morgan fingerprint density at radius 3 is 2.76 bits per heavy atom. The number of carbonyl (C=O) groups is 1. The van der Waals surface area contributed by atoms with Crippen molar-refractivity contribution >= 4 is 51.3 Å². The molecule has 0 fully saturated rings. The fraction of sp³-hybridized carbons (Fsp3) is 0.167. The van der Waals surface area contributed by atoms with E-state index in [1.807, 2.05) is 13.0 Å². The molecule has 1 atom stereocenters. The maximum Gasteiger partial charge on any atom is 0.573 e. The molecule has 0 saturated carbocycles. The number of aliphatic imine (C=N–C) groups is 1. The monoisotopic (exact) mass is 485 g/mol. The van der Waals surface area contributed by atoms with Gasteiger partial charge in [0.15, 0.2) is 0 Å². The predicted octanol–water partition coefficient (Wildman–Crippen LogP) is 4.06. The molecule has 3 rings (SSSR count). The van der Waals surface area contributed by atoms with Gasteiger partial charge in [-0.05, 0) is 45.9 Å². The van der Waals surface area contributed by atoms with Gasteiger partial charge in [0.1, 0.15) is 17.0 Å². The second kappa shape index (κ2) is 8.44. The second-order valence-corrected chi connectivity index (χ2v) is 7.89. The van der Waals surface area contributed by atoms with Gasteiger partial charge in [-0.2, -0.15) is 5.26 Å². The van der Waals surface area contributed by atoms with Crippen LogP contribution in [0, 0.1) is 11.3 Å². The van der Waals surface area contributed by atoms with Crippen LogP contribution < -0.4 is 15.2 Å². The summed E-state index contributed by atoms with van der Waals surface area (Å²) in [5.74, 6) is -0.300. The van der Waals surface area contributed by atoms with Gasteiger partial charge in [-0.15, -0.1) is 29.9 Å². The molecule has 0 aromatic heterocycles. The lowest BCUT2D eigenvalue weighted by atomic mass is 10.1. The van der Waals surface area contributed by atoms with Crippen molar-refractivity contribution < 1.29 is 27.7 Å². The van der Waals surface area contributed by atoms with Gasteiger partial charge in [0, 0.05) is 11.0 Å². The number of hydrogen-bond donors (Lipinski definition) is 2. The summed E-state index contributed by atoms with van der Waals surface area (Å²) in [6, 6.07) is 9.35. The predicted molar refractivity (Wildman–Crippen MR) is 105 cm³/mol. The Balaban J connectivity index is 1.93. The Hall–Kier alpha value is -2.55. The normalized spacial score (nSPS) is 15.6. The summed E-state index contributed by atoms with van der Waals surface area (Å²) in [6.45, 7) is 1.96. The van der Waals surface area contributed by atoms with Crippen LogP contribution in [-0.4, -0.2) is 24.4 Å². The lowest BCUT2D eigenvalue weighted by Gasteiger charge is -2.20. The molecule has 0 radical (unpaired) electrons. The van der Waals surface area contributed by atoms with Crippen molar-refractivity contribution in [2.24, 2.45) is 4.99 Å². The average molecular weight is 486 g/mol. The molecule has 2 aromatic carbocycles. The molecule has 1 aliphatic rings. The van der Waals surface area contributed by atoms with Crippen molar-refractivity contribution in [3.05, 3.63) is 45.9 Å². The highest BCUT2D eigenvalue weighted by atomic mass is 79.9. The first-order valence-corrected chi connectivity index (χ1v) is 9.98. The third-order valence-corrected chi connectivity index (χ3v) is 5.35. The highest BCUT2D eigenvalue weighted by Crippen LogP contribution is 2.36. The number of nitrogens with zero attached hydrogens (tertiary/aromatic N) is 2. The minimum Gasteiger partial charge on any atom is -0.405 e. The van der Waals surface area contributed by atoms with Gasteiger partial charge in [0.2, 0.25) is 6.34 Å². The first kappa shape index (κ1) is 21.2. The summed E-state index contributed by atoms with van der Waals surface area (Å²) in [7, 11) is 0. The lowest BCUT2D eigenvalue weighted by molar-refractivity contribution is -0.677. The molecule has 0 bridgehead atoms. The van der Waals surface area contributed by atoms with E-state index in [2.05, 4.69) is 31.1 Å². The van der Waals surface area contributed by atoms with Crippen LogP contribution >= 0.6 is 27.7 Å². The maximum absolute atomic E-state index is 12.9. The smallest absolute Gasteiger partial charge is 0.405 e. The zero-order chi connectivity index (χ0) is 21.2. The van der Waals surface area contributed by atoms with Gasteiger partial charge in [-0.3, -0.25) is 0 Å². The van der Waals surface area contributed by atoms with E-state index in [4.69, 9.17) is 5.26 Å². The van der Waals surface area contributed by atoms with Crippen molar-refractivity contribution in [1.29, 1.82) is 5.26 Å². The van der Waals surface area contributed by atoms with E-state index in [1.165, 1.54) is 24.2 Å². The summed E-state index contributed by atoms with van der Waals surface area (Å²) in [5, 5.41) is 9.20. The zero-order valence-corrected chi connectivity index (χ0v) is 17.2. The molecule has 29 heavy (non-hydrogen) atoms. The summed E-state index contributed by atoms with van der Waals surface area (Å²) >= 11 is 4.51. The van der Waals surface area contributed by atoms with Gasteiger partial charge < -0.3 is 4.74 Å². The molecule has 0 aliphatic carbocycles. The Bertz CT molecular complexity index is 1040. The molecular weight excluding hydrogens is 473 g/mol. The van der Waals surface area contributed by atoms with E-state index in [0.717, 1.165) is 16.7 Å².